The van der Waals surface area contributed by atoms with E-state index in [1.54, 1.807) is 0 Å². The third kappa shape index (κ3) is 12.0. The lowest BCUT2D eigenvalue weighted by atomic mass is 9.80. The van der Waals surface area contributed by atoms with E-state index in [4.69, 9.17) is 9.47 Å². The Morgan fingerprint density at radius 1 is 0.767 bits per heavy atom. The minimum atomic E-state index is -0.632. The van der Waals surface area contributed by atoms with Gasteiger partial charge < -0.3 is 9.47 Å². The number of hydrogen-bond donors (Lipinski definition) is 0. The van der Waals surface area contributed by atoms with Gasteiger partial charge in [0.25, 0.3) is 0 Å². The maximum atomic E-state index is 12.0. The van der Waals surface area contributed by atoms with E-state index in [0.29, 0.717) is 13.2 Å². The van der Waals surface area contributed by atoms with Crippen molar-refractivity contribution in [2.75, 3.05) is 13.2 Å². The van der Waals surface area contributed by atoms with Crippen LogP contribution in [0.4, 0.5) is 0 Å². The van der Waals surface area contributed by atoms with Crippen LogP contribution >= 0.6 is 0 Å². The largest absolute Gasteiger partial charge is 0.464 e. The van der Waals surface area contributed by atoms with E-state index in [1.807, 2.05) is 6.92 Å². The van der Waals surface area contributed by atoms with Gasteiger partial charge in [0.05, 0.1) is 6.61 Å². The minimum absolute atomic E-state index is 0.172. The van der Waals surface area contributed by atoms with Crippen LogP contribution in [0.5, 0.6) is 0 Å². The smallest absolute Gasteiger partial charge is 0.338 e. The van der Waals surface area contributed by atoms with Gasteiger partial charge in [-0.05, 0) is 77.6 Å². The Kier molecular flexibility index (Phi) is 15.7. The maximum absolute atomic E-state index is 12.0. The van der Waals surface area contributed by atoms with E-state index >= 15 is 0 Å². The number of ether oxygens (including phenoxy) is 2. The molecule has 0 heterocycles. The fourth-order valence-electron chi connectivity index (χ4n) is 3.17. The molecule has 3 nitrogen and oxygen atoms in total. The lowest BCUT2D eigenvalue weighted by molar-refractivity contribution is -0.185. The van der Waals surface area contributed by atoms with E-state index in [-0.39, 0.29) is 5.97 Å². The van der Waals surface area contributed by atoms with Crippen molar-refractivity contribution in [3.63, 3.8) is 0 Å². The molecule has 0 aliphatic heterocycles. The summed E-state index contributed by atoms with van der Waals surface area (Å²) in [6.45, 7) is 5.07. The van der Waals surface area contributed by atoms with Crippen LogP contribution in [0.15, 0.2) is 60.8 Å². The molecule has 1 saturated carbocycles. The highest BCUT2D eigenvalue weighted by Crippen LogP contribution is 2.37. The topological polar surface area (TPSA) is 35.5 Å². The van der Waals surface area contributed by atoms with Crippen LogP contribution in [0.3, 0.4) is 0 Å². The molecule has 0 radical (unpaired) electrons. The fourth-order valence-corrected chi connectivity index (χ4v) is 3.17. The molecular formula is C27H42O3. The number of unbranched alkanes of at least 4 members (excludes halogenated alkanes) is 2. The summed E-state index contributed by atoms with van der Waals surface area (Å²) in [5.74, 6) is -0.172. The van der Waals surface area contributed by atoms with Crippen LogP contribution in [0.25, 0.3) is 0 Å². The zero-order valence-electron chi connectivity index (χ0n) is 19.2. The lowest BCUT2D eigenvalue weighted by Gasteiger charge is -2.38. The van der Waals surface area contributed by atoms with Gasteiger partial charge in [-0.1, -0.05) is 67.7 Å². The molecule has 0 amide bonds. The molecule has 3 heteroatoms. The van der Waals surface area contributed by atoms with Crippen molar-refractivity contribution < 1.29 is 14.3 Å². The molecule has 0 aromatic heterocycles. The van der Waals surface area contributed by atoms with Gasteiger partial charge in [0.15, 0.2) is 5.60 Å². The van der Waals surface area contributed by atoms with Crippen molar-refractivity contribution >= 4 is 5.97 Å². The Morgan fingerprint density at radius 3 is 1.77 bits per heavy atom. The Hall–Kier alpha value is -1.87. The first-order valence-corrected chi connectivity index (χ1v) is 11.8. The molecule has 30 heavy (non-hydrogen) atoms. The zero-order valence-corrected chi connectivity index (χ0v) is 19.2. The van der Waals surface area contributed by atoms with Gasteiger partial charge in [-0.3, -0.25) is 0 Å². The third-order valence-electron chi connectivity index (χ3n) is 5.11. The first-order valence-electron chi connectivity index (χ1n) is 11.8. The normalized spacial score (nSPS) is 16.5. The molecule has 0 aromatic carbocycles. The zero-order chi connectivity index (χ0) is 21.8. The minimum Gasteiger partial charge on any atom is -0.464 e. The van der Waals surface area contributed by atoms with Crippen molar-refractivity contribution in [1.29, 1.82) is 0 Å². The number of rotatable bonds is 17. The van der Waals surface area contributed by atoms with Gasteiger partial charge in [-0.2, -0.15) is 0 Å². The number of esters is 1. The highest BCUT2D eigenvalue weighted by Gasteiger charge is 2.46. The second-order valence-electron chi connectivity index (χ2n) is 7.62. The summed E-state index contributed by atoms with van der Waals surface area (Å²) >= 11 is 0. The molecule has 0 unspecified atom stereocenters. The molecule has 1 aliphatic carbocycles. The predicted molar refractivity (Wildman–Crippen MR) is 127 cm³/mol. The molecule has 0 aromatic rings. The first kappa shape index (κ1) is 26.2. The molecule has 0 atom stereocenters. The van der Waals surface area contributed by atoms with Crippen LogP contribution in [0, 0.1) is 0 Å². The molecular weight excluding hydrogens is 372 g/mol. The SMILES string of the molecule is CCC=CCC=CCC=CCC=CCC=CCCCCOC1(C(=O)OCC)CCC1. The van der Waals surface area contributed by atoms with E-state index in [1.165, 1.54) is 0 Å². The number of allylic oxidation sites excluding steroid dienone is 10. The van der Waals surface area contributed by atoms with Gasteiger partial charge in [-0.25, -0.2) is 4.79 Å². The van der Waals surface area contributed by atoms with Gasteiger partial charge >= 0.3 is 5.97 Å². The van der Waals surface area contributed by atoms with E-state index in [9.17, 15) is 4.79 Å². The molecule has 0 N–H and O–H groups in total. The van der Waals surface area contributed by atoms with Gasteiger partial charge in [0.1, 0.15) is 0 Å². The first-order chi connectivity index (χ1) is 14.7. The highest BCUT2D eigenvalue weighted by molar-refractivity contribution is 5.80. The van der Waals surface area contributed by atoms with Gasteiger partial charge in [0, 0.05) is 6.61 Å². The van der Waals surface area contributed by atoms with E-state index in [2.05, 4.69) is 67.7 Å². The Balaban J connectivity index is 1.97. The quantitative estimate of drug-likeness (QED) is 0.141. The summed E-state index contributed by atoms with van der Waals surface area (Å²) in [4.78, 5) is 12.0. The summed E-state index contributed by atoms with van der Waals surface area (Å²) in [5, 5.41) is 0. The van der Waals surface area contributed by atoms with E-state index < -0.39 is 5.60 Å². The summed E-state index contributed by atoms with van der Waals surface area (Å²) < 4.78 is 11.0. The number of carbonyl (C=O) groups excluding carboxylic acids is 1. The van der Waals surface area contributed by atoms with Crippen LogP contribution < -0.4 is 0 Å². The van der Waals surface area contributed by atoms with Crippen molar-refractivity contribution in [2.45, 2.75) is 90.1 Å². The third-order valence-corrected chi connectivity index (χ3v) is 5.11. The van der Waals surface area contributed by atoms with Crippen LogP contribution in [-0.4, -0.2) is 24.8 Å². The lowest BCUT2D eigenvalue weighted by Crippen LogP contribution is -2.49. The number of carbonyl (C=O) groups is 1. The van der Waals surface area contributed by atoms with Crippen molar-refractivity contribution in [1.82, 2.24) is 0 Å². The van der Waals surface area contributed by atoms with Crippen molar-refractivity contribution in [2.24, 2.45) is 0 Å². The fraction of sp³-hybridized carbons (Fsp3) is 0.593. The maximum Gasteiger partial charge on any atom is 0.338 e. The summed E-state index contributed by atoms with van der Waals surface area (Å²) in [6.07, 6.45) is 33.1. The Bertz CT molecular complexity index is 577. The van der Waals surface area contributed by atoms with Crippen molar-refractivity contribution in [3.8, 4) is 0 Å². The molecule has 0 saturated heterocycles. The standard InChI is InChI=1S/C27H42O3/c1-3-5-6-7-8-9-10-11-12-13-14-15-16-17-18-19-20-21-25-30-27(23-22-24-27)26(28)29-4-2/h5-6,8-9,11-12,14-15,17-18H,3-4,7,10,13,16,19-25H2,1-2H3. The second kappa shape index (κ2) is 17.9. The summed E-state index contributed by atoms with van der Waals surface area (Å²) in [5.41, 5.74) is -0.632. The monoisotopic (exact) mass is 414 g/mol. The van der Waals surface area contributed by atoms with Crippen LogP contribution in [-0.2, 0) is 14.3 Å². The Labute approximate surface area is 184 Å². The van der Waals surface area contributed by atoms with Crippen LogP contribution in [0.2, 0.25) is 0 Å². The summed E-state index contributed by atoms with van der Waals surface area (Å²) in [6, 6.07) is 0. The molecule has 0 spiro atoms. The summed E-state index contributed by atoms with van der Waals surface area (Å²) in [7, 11) is 0. The van der Waals surface area contributed by atoms with Gasteiger partial charge in [0.2, 0.25) is 0 Å². The van der Waals surface area contributed by atoms with Crippen LogP contribution in [0.1, 0.15) is 84.5 Å². The van der Waals surface area contributed by atoms with Crippen molar-refractivity contribution in [3.05, 3.63) is 60.8 Å². The van der Waals surface area contributed by atoms with E-state index in [0.717, 1.165) is 70.6 Å². The molecule has 1 rings (SSSR count). The average Bonchev–Trinajstić information content (AvgIpc) is 2.71. The molecule has 0 bridgehead atoms. The average molecular weight is 415 g/mol. The predicted octanol–water partition coefficient (Wildman–Crippen LogP) is 7.41. The highest BCUT2D eigenvalue weighted by atomic mass is 16.6. The molecule has 168 valence electrons. The van der Waals surface area contributed by atoms with Gasteiger partial charge in [-0.15, -0.1) is 0 Å². The Morgan fingerprint density at radius 2 is 1.30 bits per heavy atom. The molecule has 1 aliphatic rings. The molecule has 1 fully saturated rings. The number of hydrogen-bond acceptors (Lipinski definition) is 3. The second-order valence-corrected chi connectivity index (χ2v) is 7.62.